The van der Waals surface area contributed by atoms with Gasteiger partial charge in [0, 0.05) is 25.0 Å². The lowest BCUT2D eigenvalue weighted by Gasteiger charge is -2.20. The highest BCUT2D eigenvalue weighted by molar-refractivity contribution is 4.90. The molecule has 4 heteroatoms. The monoisotopic (exact) mass is 266 g/mol. The van der Waals surface area contributed by atoms with E-state index in [1.165, 1.54) is 19.3 Å². The van der Waals surface area contributed by atoms with Crippen molar-refractivity contribution in [3.8, 4) is 0 Å². The Morgan fingerprint density at radius 2 is 2.00 bits per heavy atom. The van der Waals surface area contributed by atoms with Gasteiger partial charge in [-0.05, 0) is 53.8 Å². The van der Waals surface area contributed by atoms with Gasteiger partial charge >= 0.3 is 0 Å². The number of hydrogen-bond acceptors (Lipinski definition) is 3. The third kappa shape index (κ3) is 7.33. The van der Waals surface area contributed by atoms with Crippen LogP contribution in [-0.2, 0) is 13.6 Å². The number of rotatable bonds is 8. The number of imidazole rings is 1. The first-order chi connectivity index (χ1) is 8.88. The van der Waals surface area contributed by atoms with Crippen molar-refractivity contribution in [2.75, 3.05) is 20.1 Å². The van der Waals surface area contributed by atoms with Gasteiger partial charge in [-0.2, -0.15) is 0 Å². The summed E-state index contributed by atoms with van der Waals surface area (Å²) in [4.78, 5) is 6.70. The number of nitrogens with one attached hydrogen (secondary N) is 1. The molecule has 0 bridgehead atoms. The van der Waals surface area contributed by atoms with Crippen LogP contribution in [0.3, 0.4) is 0 Å². The number of unbranched alkanes of at least 4 members (excludes halogenated alkanes) is 2. The first-order valence-electron chi connectivity index (χ1n) is 7.28. The van der Waals surface area contributed by atoms with Gasteiger partial charge in [0.2, 0.25) is 0 Å². The van der Waals surface area contributed by atoms with Crippen LogP contribution in [0.15, 0.2) is 12.4 Å². The summed E-state index contributed by atoms with van der Waals surface area (Å²) in [5.74, 6) is 1.14. The fourth-order valence-corrected chi connectivity index (χ4v) is 2.02. The Bertz CT molecular complexity index is 351. The van der Waals surface area contributed by atoms with Gasteiger partial charge in [-0.15, -0.1) is 0 Å². The van der Waals surface area contributed by atoms with E-state index < -0.39 is 0 Å². The molecule has 0 fully saturated rings. The van der Waals surface area contributed by atoms with Crippen LogP contribution in [0.2, 0.25) is 0 Å². The molecule has 1 N–H and O–H groups in total. The van der Waals surface area contributed by atoms with Crippen molar-refractivity contribution in [3.05, 3.63) is 18.2 Å². The lowest BCUT2D eigenvalue weighted by atomic mass is 10.1. The van der Waals surface area contributed by atoms with Gasteiger partial charge in [-0.25, -0.2) is 4.98 Å². The minimum atomic E-state index is 0.245. The Morgan fingerprint density at radius 3 is 2.58 bits per heavy atom. The quantitative estimate of drug-likeness (QED) is 0.734. The SMILES string of the molecule is CN(CCCCCNC(C)(C)C)Cc1nccn1C. The van der Waals surface area contributed by atoms with Crippen molar-refractivity contribution < 1.29 is 0 Å². The van der Waals surface area contributed by atoms with Crippen molar-refractivity contribution in [1.82, 2.24) is 19.8 Å². The van der Waals surface area contributed by atoms with Crippen molar-refractivity contribution in [1.29, 1.82) is 0 Å². The van der Waals surface area contributed by atoms with E-state index in [9.17, 15) is 0 Å². The Labute approximate surface area is 118 Å². The lowest BCUT2D eigenvalue weighted by Crippen LogP contribution is -2.36. The largest absolute Gasteiger partial charge is 0.337 e. The molecule has 0 aliphatic carbocycles. The molecule has 0 spiro atoms. The van der Waals surface area contributed by atoms with E-state index in [-0.39, 0.29) is 5.54 Å². The molecule has 1 aromatic rings. The number of aromatic nitrogens is 2. The minimum Gasteiger partial charge on any atom is -0.337 e. The molecule has 0 radical (unpaired) electrons. The molecule has 0 atom stereocenters. The number of nitrogens with zero attached hydrogens (tertiary/aromatic N) is 3. The second kappa shape index (κ2) is 7.65. The molecule has 19 heavy (non-hydrogen) atoms. The highest BCUT2D eigenvalue weighted by Crippen LogP contribution is 2.04. The molecule has 0 saturated carbocycles. The van der Waals surface area contributed by atoms with Crippen LogP contribution in [0.5, 0.6) is 0 Å². The maximum absolute atomic E-state index is 4.35. The average Bonchev–Trinajstić information content (AvgIpc) is 2.68. The predicted molar refractivity (Wildman–Crippen MR) is 81.1 cm³/mol. The van der Waals surface area contributed by atoms with E-state index in [0.717, 1.165) is 25.5 Å². The van der Waals surface area contributed by atoms with E-state index >= 15 is 0 Å². The van der Waals surface area contributed by atoms with Crippen LogP contribution < -0.4 is 5.32 Å². The summed E-state index contributed by atoms with van der Waals surface area (Å²) in [6.07, 6.45) is 7.66. The summed E-state index contributed by atoms with van der Waals surface area (Å²) in [5, 5.41) is 3.53. The molecular formula is C15H30N4. The lowest BCUT2D eigenvalue weighted by molar-refractivity contribution is 0.304. The Hall–Kier alpha value is -0.870. The highest BCUT2D eigenvalue weighted by atomic mass is 15.1. The van der Waals surface area contributed by atoms with Gasteiger partial charge in [0.15, 0.2) is 0 Å². The maximum atomic E-state index is 4.35. The van der Waals surface area contributed by atoms with E-state index in [1.807, 2.05) is 19.4 Å². The summed E-state index contributed by atoms with van der Waals surface area (Å²) < 4.78 is 2.09. The zero-order chi connectivity index (χ0) is 14.3. The van der Waals surface area contributed by atoms with Crippen LogP contribution in [0.4, 0.5) is 0 Å². The molecule has 1 aromatic heterocycles. The van der Waals surface area contributed by atoms with Crippen molar-refractivity contribution in [2.24, 2.45) is 7.05 Å². The molecule has 1 heterocycles. The molecule has 0 unspecified atom stereocenters. The van der Waals surface area contributed by atoms with E-state index in [4.69, 9.17) is 0 Å². The van der Waals surface area contributed by atoms with Gasteiger partial charge in [-0.3, -0.25) is 4.90 Å². The summed E-state index contributed by atoms with van der Waals surface area (Å²) in [5.41, 5.74) is 0.245. The number of hydrogen-bond donors (Lipinski definition) is 1. The van der Waals surface area contributed by atoms with E-state index in [2.05, 4.69) is 47.6 Å². The smallest absolute Gasteiger partial charge is 0.122 e. The zero-order valence-corrected chi connectivity index (χ0v) is 13.2. The molecular weight excluding hydrogens is 236 g/mol. The molecule has 0 aliphatic heterocycles. The van der Waals surface area contributed by atoms with Crippen LogP contribution in [0, 0.1) is 0 Å². The highest BCUT2D eigenvalue weighted by Gasteiger charge is 2.07. The topological polar surface area (TPSA) is 33.1 Å². The minimum absolute atomic E-state index is 0.245. The third-order valence-electron chi connectivity index (χ3n) is 3.20. The molecule has 0 aromatic carbocycles. The van der Waals surface area contributed by atoms with E-state index in [1.54, 1.807) is 0 Å². The summed E-state index contributed by atoms with van der Waals surface area (Å²) in [7, 11) is 4.22. The molecule has 1 rings (SSSR count). The van der Waals surface area contributed by atoms with Gasteiger partial charge in [0.05, 0.1) is 6.54 Å². The maximum Gasteiger partial charge on any atom is 0.122 e. The number of aryl methyl sites for hydroxylation is 1. The van der Waals surface area contributed by atoms with Crippen LogP contribution in [-0.4, -0.2) is 40.1 Å². The zero-order valence-electron chi connectivity index (χ0n) is 13.2. The van der Waals surface area contributed by atoms with Crippen LogP contribution >= 0.6 is 0 Å². The third-order valence-corrected chi connectivity index (χ3v) is 3.20. The normalized spacial score (nSPS) is 12.3. The van der Waals surface area contributed by atoms with Crippen LogP contribution in [0.25, 0.3) is 0 Å². The molecule has 0 amide bonds. The van der Waals surface area contributed by atoms with Crippen LogP contribution in [0.1, 0.15) is 45.9 Å². The molecule has 4 nitrogen and oxygen atoms in total. The van der Waals surface area contributed by atoms with Gasteiger partial charge in [0.1, 0.15) is 5.82 Å². The van der Waals surface area contributed by atoms with Gasteiger partial charge < -0.3 is 9.88 Å². The molecule has 0 aliphatic rings. The standard InChI is InChI=1S/C15H30N4/c1-15(2,3)17-9-7-6-8-11-18(4)13-14-16-10-12-19(14)5/h10,12,17H,6-9,11,13H2,1-5H3. The molecule has 110 valence electrons. The summed E-state index contributed by atoms with van der Waals surface area (Å²) in [6, 6.07) is 0. The second-order valence-electron chi connectivity index (χ2n) is 6.43. The summed E-state index contributed by atoms with van der Waals surface area (Å²) >= 11 is 0. The average molecular weight is 266 g/mol. The van der Waals surface area contributed by atoms with E-state index in [0.29, 0.717) is 0 Å². The van der Waals surface area contributed by atoms with Gasteiger partial charge in [-0.1, -0.05) is 6.42 Å². The Kier molecular flexibility index (Phi) is 6.52. The van der Waals surface area contributed by atoms with Crippen molar-refractivity contribution in [2.45, 2.75) is 52.1 Å². The first-order valence-corrected chi connectivity index (χ1v) is 7.28. The van der Waals surface area contributed by atoms with Gasteiger partial charge in [0.25, 0.3) is 0 Å². The second-order valence-corrected chi connectivity index (χ2v) is 6.43. The molecule has 0 saturated heterocycles. The Balaban J connectivity index is 2.05. The predicted octanol–water partition coefficient (Wildman–Crippen LogP) is 2.41. The van der Waals surface area contributed by atoms with Crippen molar-refractivity contribution in [3.63, 3.8) is 0 Å². The fourth-order valence-electron chi connectivity index (χ4n) is 2.02. The summed E-state index contributed by atoms with van der Waals surface area (Å²) in [6.45, 7) is 9.84. The Morgan fingerprint density at radius 1 is 1.26 bits per heavy atom. The fraction of sp³-hybridized carbons (Fsp3) is 0.800. The van der Waals surface area contributed by atoms with Crippen molar-refractivity contribution >= 4 is 0 Å². The first kappa shape index (κ1) is 16.2.